The number of carbonyl (C=O) groups is 1. The van der Waals surface area contributed by atoms with Crippen LogP contribution in [0.1, 0.15) is 51.3 Å². The summed E-state index contributed by atoms with van der Waals surface area (Å²) in [5, 5.41) is 4.20. The van der Waals surface area contributed by atoms with E-state index in [-0.39, 0.29) is 11.8 Å². The molecular weight excluding hydrogens is 240 g/mol. The second-order valence-electron chi connectivity index (χ2n) is 5.93. The zero-order valence-corrected chi connectivity index (χ0v) is 11.7. The average Bonchev–Trinajstić information content (AvgIpc) is 2.89. The van der Waals surface area contributed by atoms with Crippen molar-refractivity contribution in [2.45, 2.75) is 58.0 Å². The Kier molecular flexibility index (Phi) is 3.29. The number of likely N-dealkylation sites (tertiary alicyclic amines) is 1. The zero-order valence-electron chi connectivity index (χ0n) is 11.7. The van der Waals surface area contributed by atoms with E-state index in [0.29, 0.717) is 12.0 Å². The van der Waals surface area contributed by atoms with Crippen molar-refractivity contribution >= 4 is 5.91 Å². The summed E-state index contributed by atoms with van der Waals surface area (Å²) in [6, 6.07) is 0.347. The van der Waals surface area contributed by atoms with E-state index in [0.717, 1.165) is 38.2 Å². The molecule has 0 spiro atoms. The van der Waals surface area contributed by atoms with E-state index in [1.165, 1.54) is 6.42 Å². The number of carbonyl (C=O) groups excluding carboxylic acids is 1. The van der Waals surface area contributed by atoms with Gasteiger partial charge in [-0.25, -0.2) is 9.67 Å². The van der Waals surface area contributed by atoms with Crippen molar-refractivity contribution < 1.29 is 4.79 Å². The number of fused-ring (bicyclic) bond motifs is 1. The summed E-state index contributed by atoms with van der Waals surface area (Å²) in [6.07, 6.45) is 5.85. The molecule has 0 aromatic carbocycles. The number of hydrogen-bond acceptors (Lipinski definition) is 3. The molecule has 3 atom stereocenters. The Morgan fingerprint density at radius 2 is 2.05 bits per heavy atom. The van der Waals surface area contributed by atoms with Crippen molar-refractivity contribution in [2.24, 2.45) is 5.92 Å². The van der Waals surface area contributed by atoms with E-state index in [1.54, 1.807) is 6.33 Å². The summed E-state index contributed by atoms with van der Waals surface area (Å²) in [6.45, 7) is 6.21. The van der Waals surface area contributed by atoms with Crippen LogP contribution in [0.2, 0.25) is 0 Å². The van der Waals surface area contributed by atoms with Crippen LogP contribution in [-0.4, -0.2) is 38.2 Å². The normalized spacial score (nSPS) is 31.1. The molecule has 0 bridgehead atoms. The molecule has 0 saturated carbocycles. The van der Waals surface area contributed by atoms with E-state index in [4.69, 9.17) is 0 Å². The highest BCUT2D eigenvalue weighted by Gasteiger charge is 2.36. The van der Waals surface area contributed by atoms with E-state index < -0.39 is 0 Å². The average molecular weight is 262 g/mol. The number of hydrogen-bond donors (Lipinski definition) is 0. The van der Waals surface area contributed by atoms with Crippen LogP contribution >= 0.6 is 0 Å². The van der Waals surface area contributed by atoms with Crippen molar-refractivity contribution in [3.8, 4) is 0 Å². The Labute approximate surface area is 114 Å². The number of piperidine rings is 1. The topological polar surface area (TPSA) is 51.0 Å². The van der Waals surface area contributed by atoms with Crippen LogP contribution in [0.5, 0.6) is 0 Å². The molecule has 1 fully saturated rings. The maximum Gasteiger partial charge on any atom is 0.233 e. The smallest absolute Gasteiger partial charge is 0.233 e. The molecule has 0 N–H and O–H groups in total. The third-order valence-electron chi connectivity index (χ3n) is 4.77. The molecule has 3 rings (SSSR count). The predicted octanol–water partition coefficient (Wildman–Crippen LogP) is 1.80. The van der Waals surface area contributed by atoms with E-state index >= 15 is 0 Å². The number of nitrogens with zero attached hydrogens (tertiary/aromatic N) is 4. The van der Waals surface area contributed by atoms with Crippen molar-refractivity contribution in [1.29, 1.82) is 0 Å². The number of rotatable bonds is 1. The lowest BCUT2D eigenvalue weighted by Gasteiger charge is -2.40. The van der Waals surface area contributed by atoms with Crippen LogP contribution < -0.4 is 0 Å². The highest BCUT2D eigenvalue weighted by Crippen LogP contribution is 2.31. The van der Waals surface area contributed by atoms with Crippen molar-refractivity contribution in [1.82, 2.24) is 19.7 Å². The molecule has 0 radical (unpaired) electrons. The Morgan fingerprint density at radius 1 is 1.26 bits per heavy atom. The maximum atomic E-state index is 12.8. The van der Waals surface area contributed by atoms with Gasteiger partial charge in [0.05, 0.1) is 5.92 Å². The minimum absolute atomic E-state index is 0.0796. The molecule has 104 valence electrons. The van der Waals surface area contributed by atoms with Crippen LogP contribution in [0.4, 0.5) is 0 Å². The van der Waals surface area contributed by atoms with Crippen LogP contribution in [0.25, 0.3) is 0 Å². The van der Waals surface area contributed by atoms with Gasteiger partial charge in [-0.05, 0) is 38.5 Å². The van der Waals surface area contributed by atoms with Gasteiger partial charge in [0.25, 0.3) is 0 Å². The van der Waals surface area contributed by atoms with Crippen molar-refractivity contribution in [3.05, 3.63) is 12.2 Å². The van der Waals surface area contributed by atoms with Gasteiger partial charge in [0.2, 0.25) is 5.91 Å². The predicted molar refractivity (Wildman–Crippen MR) is 71.6 cm³/mol. The van der Waals surface area contributed by atoms with Gasteiger partial charge >= 0.3 is 0 Å². The Bertz CT molecular complexity index is 470. The lowest BCUT2D eigenvalue weighted by Crippen LogP contribution is -2.48. The van der Waals surface area contributed by atoms with Crippen molar-refractivity contribution in [2.75, 3.05) is 6.54 Å². The first kappa shape index (κ1) is 12.6. The molecule has 19 heavy (non-hydrogen) atoms. The Morgan fingerprint density at radius 3 is 2.89 bits per heavy atom. The Balaban J connectivity index is 1.82. The fourth-order valence-corrected chi connectivity index (χ4v) is 3.37. The first-order chi connectivity index (χ1) is 9.18. The summed E-state index contributed by atoms with van der Waals surface area (Å²) in [5.74, 6) is 1.64. The highest BCUT2D eigenvalue weighted by atomic mass is 16.2. The molecule has 5 heteroatoms. The summed E-state index contributed by atoms with van der Waals surface area (Å²) in [5.41, 5.74) is 0. The maximum absolute atomic E-state index is 12.8. The largest absolute Gasteiger partial charge is 0.339 e. The van der Waals surface area contributed by atoms with Crippen LogP contribution in [-0.2, 0) is 11.3 Å². The van der Waals surface area contributed by atoms with Gasteiger partial charge in [0, 0.05) is 19.1 Å². The first-order valence-electron chi connectivity index (χ1n) is 7.36. The Hall–Kier alpha value is -1.39. The lowest BCUT2D eigenvalue weighted by molar-refractivity contribution is -0.138. The zero-order chi connectivity index (χ0) is 13.4. The van der Waals surface area contributed by atoms with Gasteiger partial charge in [-0.3, -0.25) is 4.79 Å². The molecule has 3 unspecified atom stereocenters. The van der Waals surface area contributed by atoms with E-state index in [2.05, 4.69) is 28.8 Å². The number of amides is 1. The second-order valence-corrected chi connectivity index (χ2v) is 5.93. The summed E-state index contributed by atoms with van der Waals surface area (Å²) >= 11 is 0. The third kappa shape index (κ3) is 2.15. The quantitative estimate of drug-likeness (QED) is 0.775. The second kappa shape index (κ2) is 4.94. The summed E-state index contributed by atoms with van der Waals surface area (Å²) in [7, 11) is 0. The lowest BCUT2D eigenvalue weighted by atomic mass is 9.89. The monoisotopic (exact) mass is 262 g/mol. The minimum Gasteiger partial charge on any atom is -0.339 e. The van der Waals surface area contributed by atoms with Crippen molar-refractivity contribution in [3.63, 3.8) is 0 Å². The van der Waals surface area contributed by atoms with Gasteiger partial charge in [0.15, 0.2) is 0 Å². The van der Waals surface area contributed by atoms with Gasteiger partial charge in [-0.2, -0.15) is 5.10 Å². The molecule has 2 aliphatic heterocycles. The molecule has 2 aliphatic rings. The van der Waals surface area contributed by atoms with E-state index in [9.17, 15) is 4.79 Å². The summed E-state index contributed by atoms with van der Waals surface area (Å²) in [4.78, 5) is 19.2. The molecular formula is C14H22N4O. The minimum atomic E-state index is -0.0796. The molecule has 5 nitrogen and oxygen atoms in total. The highest BCUT2D eigenvalue weighted by molar-refractivity contribution is 5.83. The first-order valence-corrected chi connectivity index (χ1v) is 7.36. The number of aryl methyl sites for hydroxylation is 1. The molecule has 1 aromatic heterocycles. The summed E-state index contributed by atoms with van der Waals surface area (Å²) < 4.78 is 1.89. The third-order valence-corrected chi connectivity index (χ3v) is 4.77. The molecule has 1 saturated heterocycles. The van der Waals surface area contributed by atoms with E-state index in [1.807, 2.05) is 4.68 Å². The standard InChI is InChI=1S/C14H22N4O/c1-10-5-3-7-17(11(10)2)14(19)12-6-4-8-18-13(12)15-9-16-18/h9-12H,3-8H2,1-2H3. The SMILES string of the molecule is CC1CCCN(C(=O)C2CCCn3ncnc32)C1C. The fourth-order valence-electron chi connectivity index (χ4n) is 3.37. The van der Waals surface area contributed by atoms with Gasteiger partial charge in [-0.15, -0.1) is 0 Å². The van der Waals surface area contributed by atoms with Gasteiger partial charge in [0.1, 0.15) is 12.2 Å². The van der Waals surface area contributed by atoms with Crippen LogP contribution in [0.3, 0.4) is 0 Å². The molecule has 3 heterocycles. The molecule has 1 aromatic rings. The van der Waals surface area contributed by atoms with Crippen LogP contribution in [0, 0.1) is 5.92 Å². The number of aromatic nitrogens is 3. The molecule has 1 amide bonds. The molecule has 0 aliphatic carbocycles. The van der Waals surface area contributed by atoms with Crippen LogP contribution in [0.15, 0.2) is 6.33 Å². The fraction of sp³-hybridized carbons (Fsp3) is 0.786. The van der Waals surface area contributed by atoms with Gasteiger partial charge < -0.3 is 4.90 Å². The van der Waals surface area contributed by atoms with Gasteiger partial charge in [-0.1, -0.05) is 6.92 Å².